The molecule has 0 saturated heterocycles. The number of benzene rings is 2. The monoisotopic (exact) mass is 811 g/mol. The summed E-state index contributed by atoms with van der Waals surface area (Å²) in [6.45, 7) is 5.12. The van der Waals surface area contributed by atoms with Gasteiger partial charge in [-0.15, -0.1) is 0 Å². The Morgan fingerprint density at radius 1 is 0.439 bits per heavy atom. The summed E-state index contributed by atoms with van der Waals surface area (Å²) in [5, 5.41) is 0. The Morgan fingerprint density at radius 2 is 0.754 bits per heavy atom. The fourth-order valence-electron chi connectivity index (χ4n) is 6.31. The van der Waals surface area contributed by atoms with Crippen LogP contribution in [0.1, 0.15) is 168 Å². The number of carbonyl (C=O) groups is 2. The van der Waals surface area contributed by atoms with Crippen LogP contribution in [-0.2, 0) is 28.9 Å². The smallest absolute Gasteiger partial charge is 0.305 e. The first-order valence-electron chi connectivity index (χ1n) is 22.2. The van der Waals surface area contributed by atoms with E-state index in [1.807, 2.05) is 0 Å². The summed E-state index contributed by atoms with van der Waals surface area (Å²) in [5.41, 5.74) is 0. The van der Waals surface area contributed by atoms with Crippen molar-refractivity contribution in [2.45, 2.75) is 178 Å². The zero-order chi connectivity index (χ0) is 41.1. The van der Waals surface area contributed by atoms with E-state index < -0.39 is 9.84 Å². The molecule has 2 aromatic carbocycles. The maximum absolute atomic E-state index is 13.2. The molecule has 0 bridgehead atoms. The summed E-state index contributed by atoms with van der Waals surface area (Å²) in [5.74, 6) is 0.525. The number of esters is 2. The van der Waals surface area contributed by atoms with Crippen LogP contribution < -0.4 is 9.47 Å². The van der Waals surface area contributed by atoms with Crippen LogP contribution in [0.4, 0.5) is 0 Å². The number of carbonyl (C=O) groups excluding carboxylic acids is 2. The predicted octanol–water partition coefficient (Wildman–Crippen LogP) is 12.9. The van der Waals surface area contributed by atoms with Gasteiger partial charge in [0.2, 0.25) is 9.84 Å². The van der Waals surface area contributed by atoms with Crippen LogP contribution in [0, 0.1) is 0 Å². The average Bonchev–Trinajstić information content (AvgIpc) is 3.22. The van der Waals surface area contributed by atoms with E-state index in [1.54, 1.807) is 24.3 Å². The van der Waals surface area contributed by atoms with Gasteiger partial charge in [-0.25, -0.2) is 8.42 Å². The van der Waals surface area contributed by atoms with Crippen molar-refractivity contribution in [1.82, 2.24) is 0 Å². The van der Waals surface area contributed by atoms with E-state index in [2.05, 4.69) is 38.2 Å². The highest BCUT2D eigenvalue weighted by Gasteiger charge is 2.18. The third-order valence-corrected chi connectivity index (χ3v) is 11.6. The molecule has 0 radical (unpaired) electrons. The number of ether oxygens (including phenoxy) is 4. The van der Waals surface area contributed by atoms with Crippen LogP contribution >= 0.6 is 0 Å². The highest BCUT2D eigenvalue weighted by molar-refractivity contribution is 7.91. The van der Waals surface area contributed by atoms with Crippen LogP contribution in [0.3, 0.4) is 0 Å². The van der Waals surface area contributed by atoms with Gasteiger partial charge in [0.15, 0.2) is 0 Å². The predicted molar refractivity (Wildman–Crippen MR) is 232 cm³/mol. The van der Waals surface area contributed by atoms with Gasteiger partial charge in [0.1, 0.15) is 37.9 Å². The molecule has 0 aliphatic carbocycles. The van der Waals surface area contributed by atoms with Crippen LogP contribution in [0.5, 0.6) is 11.5 Å². The van der Waals surface area contributed by atoms with Crippen LogP contribution in [0.2, 0.25) is 0 Å². The Labute approximate surface area is 346 Å². The first kappa shape index (κ1) is 49.6. The van der Waals surface area contributed by atoms with E-state index >= 15 is 0 Å². The van der Waals surface area contributed by atoms with Gasteiger partial charge < -0.3 is 18.9 Å². The van der Waals surface area contributed by atoms with Crippen molar-refractivity contribution in [3.63, 3.8) is 0 Å². The molecule has 0 spiro atoms. The van der Waals surface area contributed by atoms with E-state index in [4.69, 9.17) is 18.9 Å². The number of hydrogen-bond donors (Lipinski definition) is 0. The lowest BCUT2D eigenvalue weighted by Gasteiger charge is -2.10. The summed E-state index contributed by atoms with van der Waals surface area (Å²) < 4.78 is 48.3. The molecule has 2 aromatic rings. The topological polar surface area (TPSA) is 105 Å². The molecule has 57 heavy (non-hydrogen) atoms. The van der Waals surface area contributed by atoms with Gasteiger partial charge in [0.25, 0.3) is 0 Å². The van der Waals surface area contributed by atoms with Crippen molar-refractivity contribution in [2.24, 2.45) is 0 Å². The zero-order valence-electron chi connectivity index (χ0n) is 35.4. The van der Waals surface area contributed by atoms with Gasteiger partial charge in [-0.3, -0.25) is 9.59 Å². The van der Waals surface area contributed by atoms with Crippen LogP contribution in [0.15, 0.2) is 82.6 Å². The first-order valence-corrected chi connectivity index (χ1v) is 23.7. The van der Waals surface area contributed by atoms with Gasteiger partial charge in [-0.1, -0.05) is 115 Å². The Morgan fingerprint density at radius 3 is 1.09 bits per heavy atom. The molecule has 320 valence electrons. The third kappa shape index (κ3) is 25.4. The van der Waals surface area contributed by atoms with E-state index in [0.717, 1.165) is 64.2 Å². The van der Waals surface area contributed by atoms with Crippen molar-refractivity contribution in [3.8, 4) is 11.5 Å². The molecule has 9 heteroatoms. The van der Waals surface area contributed by atoms with Gasteiger partial charge in [0.05, 0.1) is 9.79 Å². The van der Waals surface area contributed by atoms with Crippen molar-refractivity contribution in [1.29, 1.82) is 0 Å². The minimum absolute atomic E-state index is 0.135. The lowest BCUT2D eigenvalue weighted by molar-refractivity contribution is -0.145. The van der Waals surface area contributed by atoms with Gasteiger partial charge in [-0.05, 0) is 113 Å². The molecule has 0 N–H and O–H groups in total. The Balaban J connectivity index is 1.52. The average molecular weight is 811 g/mol. The Bertz CT molecular complexity index is 1360. The van der Waals surface area contributed by atoms with Crippen molar-refractivity contribution in [2.75, 3.05) is 26.4 Å². The molecule has 0 aliphatic heterocycles. The largest absolute Gasteiger partial charge is 0.490 e. The Hall–Kier alpha value is -3.59. The molecular weight excluding hydrogens is 737 g/mol. The first-order chi connectivity index (χ1) is 27.9. The molecule has 0 aromatic heterocycles. The molecule has 0 fully saturated rings. The van der Waals surface area contributed by atoms with Gasteiger partial charge >= 0.3 is 11.9 Å². The molecule has 0 unspecified atom stereocenters. The third-order valence-electron chi connectivity index (χ3n) is 9.78. The number of unbranched alkanes of at least 4 members (excludes halogenated alkanes) is 18. The number of allylic oxidation sites excluding steroid dienone is 4. The lowest BCUT2D eigenvalue weighted by Crippen LogP contribution is -2.12. The SMILES string of the molecule is CCCCCCC/C=C/CCCCCCC(=O)OCCOc1ccc(S(=O)(=O)c2ccc(OCCOC(=O)CCCCCC/C=C/CCCCCCC)cc2)cc1. The number of sulfone groups is 1. The van der Waals surface area contributed by atoms with Gasteiger partial charge in [0, 0.05) is 12.8 Å². The van der Waals surface area contributed by atoms with E-state index in [0.29, 0.717) is 24.3 Å². The van der Waals surface area contributed by atoms with E-state index in [1.165, 1.54) is 101 Å². The minimum atomic E-state index is -3.75. The second kappa shape index (κ2) is 33.4. The molecule has 0 saturated carbocycles. The quantitative estimate of drug-likeness (QED) is 0.0381. The molecule has 0 amide bonds. The second-order valence-corrected chi connectivity index (χ2v) is 16.8. The standard InChI is InChI=1S/C48H74O8S/c1-3-5-7-9-11-13-15-17-19-21-23-25-27-29-47(49)55-41-39-53-43-31-35-45(36-32-43)57(51,52)46-37-33-44(34-38-46)54-40-42-56-48(50)30-28-26-24-22-20-18-16-14-12-10-8-6-4-2/h15-18,31-38H,3-14,19-30,39-42H2,1-2H3/b17-15+,18-16+. The van der Waals surface area contributed by atoms with Crippen LogP contribution in [-0.4, -0.2) is 46.8 Å². The fraction of sp³-hybridized carbons (Fsp3) is 0.625. The second-order valence-electron chi connectivity index (χ2n) is 14.8. The van der Waals surface area contributed by atoms with Crippen molar-refractivity contribution in [3.05, 3.63) is 72.8 Å². The van der Waals surface area contributed by atoms with E-state index in [9.17, 15) is 18.0 Å². The highest BCUT2D eigenvalue weighted by Crippen LogP contribution is 2.25. The van der Waals surface area contributed by atoms with Crippen molar-refractivity contribution >= 4 is 21.8 Å². The summed E-state index contributed by atoms with van der Waals surface area (Å²) >= 11 is 0. The molecule has 2 rings (SSSR count). The molecular formula is C48H74O8S. The van der Waals surface area contributed by atoms with Crippen LogP contribution in [0.25, 0.3) is 0 Å². The normalized spacial score (nSPS) is 11.7. The maximum Gasteiger partial charge on any atom is 0.305 e. The zero-order valence-corrected chi connectivity index (χ0v) is 36.2. The Kier molecular flexibility index (Phi) is 29.0. The minimum Gasteiger partial charge on any atom is -0.490 e. The lowest BCUT2D eigenvalue weighted by atomic mass is 10.1. The number of rotatable bonds is 36. The summed E-state index contributed by atoms with van der Waals surface area (Å²) in [6.07, 6.45) is 36.0. The van der Waals surface area contributed by atoms with Gasteiger partial charge in [-0.2, -0.15) is 0 Å². The molecule has 0 atom stereocenters. The van der Waals surface area contributed by atoms with E-state index in [-0.39, 0.29) is 48.2 Å². The highest BCUT2D eigenvalue weighted by atomic mass is 32.2. The molecule has 0 aliphatic rings. The number of hydrogen-bond acceptors (Lipinski definition) is 8. The summed E-state index contributed by atoms with van der Waals surface area (Å²) in [6, 6.07) is 12.3. The summed E-state index contributed by atoms with van der Waals surface area (Å²) in [7, 11) is -3.75. The molecule has 8 nitrogen and oxygen atoms in total. The summed E-state index contributed by atoms with van der Waals surface area (Å²) in [4.78, 5) is 24.4. The fourth-order valence-corrected chi connectivity index (χ4v) is 7.57. The molecule has 0 heterocycles. The maximum atomic E-state index is 13.2. The van der Waals surface area contributed by atoms with Crippen molar-refractivity contribution < 1.29 is 37.0 Å².